The Morgan fingerprint density at radius 3 is 1.03 bits per heavy atom. The molecule has 3 aliphatic rings. The molecule has 10 heterocycles. The molecule has 0 saturated carbocycles. The smallest absolute Gasteiger partial charge is 0.870 e. The van der Waals surface area contributed by atoms with Gasteiger partial charge in [-0.15, -0.1) is 0 Å². The number of aromatic nitrogens is 12. The zero-order valence-electron chi connectivity index (χ0n) is 87.3. The molecule has 17 aromatic rings. The molecule has 10 aromatic carbocycles. The first-order valence-corrected chi connectivity index (χ1v) is 54.8. The van der Waals surface area contributed by atoms with Crippen molar-refractivity contribution in [2.45, 2.75) is 190 Å². The first kappa shape index (κ1) is 148. The monoisotopic (exact) mass is 2830 g/mol. The Hall–Kier alpha value is -2.84. The predicted molar refractivity (Wildman–Crippen MR) is 631 cm³/mol. The van der Waals surface area contributed by atoms with E-state index in [0.29, 0.717) is 6.61 Å². The molecule has 0 unspecified atom stereocenters. The molecular weight excluding hydrogens is 2700 g/mol. The van der Waals surface area contributed by atoms with Gasteiger partial charge < -0.3 is 58.8 Å². The molecule has 149 heavy (non-hydrogen) atoms. The van der Waals surface area contributed by atoms with Crippen LogP contribution in [0.4, 0.5) is 17.1 Å². The molecule has 0 amide bonds. The van der Waals surface area contributed by atoms with E-state index in [1.54, 1.807) is 24.8 Å². The minimum Gasteiger partial charge on any atom is -0.870 e. The van der Waals surface area contributed by atoms with E-state index in [4.69, 9.17) is 14.6 Å². The number of fused-ring (bicyclic) bond motifs is 8. The third kappa shape index (κ3) is 59.7. The number of halogens is 7. The number of carbonyl (C=O) groups excluding carboxylic acids is 1. The predicted octanol–water partition coefficient (Wildman–Crippen LogP) is 21.2. The van der Waals surface area contributed by atoms with Gasteiger partial charge in [-0.25, -0.2) is 24.9 Å². The van der Waals surface area contributed by atoms with Crippen LogP contribution in [0.5, 0.6) is 5.75 Å². The largest absolute Gasteiger partial charge is 1.00 e. The molecule has 0 fully saturated rings. The Morgan fingerprint density at radius 2 is 0.698 bits per heavy atom. The first-order chi connectivity index (χ1) is 68.8. The number of benzene rings is 10. The number of pyridine rings is 2. The fourth-order valence-corrected chi connectivity index (χ4v) is 16.1. The number of aliphatic hydroxyl groups excluding tert-OH is 1. The maximum atomic E-state index is 8.93. The number of ether oxygens (including phenoxy) is 1. The van der Waals surface area contributed by atoms with E-state index in [2.05, 4.69) is 326 Å². The molecule has 3 aliphatic heterocycles. The number of nitrogens with zero attached hydrogens (tertiary/aromatic N) is 15. The van der Waals surface area contributed by atoms with E-state index in [-0.39, 0.29) is 267 Å². The van der Waals surface area contributed by atoms with E-state index >= 15 is 0 Å². The van der Waals surface area contributed by atoms with Gasteiger partial charge in [0.15, 0.2) is 23.0 Å². The molecule has 20 rings (SSSR count). The number of unbranched alkanes of at least 4 members (excludes halogenated alkanes) is 8. The van der Waals surface area contributed by atoms with Gasteiger partial charge in [0.05, 0.1) is 117 Å². The number of imidazole rings is 5. The van der Waals surface area contributed by atoms with Gasteiger partial charge in [-0.1, -0.05) is 270 Å². The van der Waals surface area contributed by atoms with Crippen molar-refractivity contribution >= 4 is 354 Å². The summed E-state index contributed by atoms with van der Waals surface area (Å²) >= 11 is 21.4. The summed E-state index contributed by atoms with van der Waals surface area (Å²) in [6.45, 7) is 17.6. The second kappa shape index (κ2) is 94.0. The Balaban J connectivity index is 0. The van der Waals surface area contributed by atoms with E-state index in [1.807, 2.05) is 196 Å². The van der Waals surface area contributed by atoms with Crippen LogP contribution in [0.3, 0.4) is 0 Å². The minimum atomic E-state index is 0. The summed E-state index contributed by atoms with van der Waals surface area (Å²) in [4.78, 5) is 55.0. The molecule has 23 nitrogen and oxygen atoms in total. The number of rotatable bonds is 29. The summed E-state index contributed by atoms with van der Waals surface area (Å²) in [5.41, 5.74) is 25.1. The second-order valence-corrected chi connectivity index (χ2v) is 37.5. The minimum absolute atomic E-state index is 0. The summed E-state index contributed by atoms with van der Waals surface area (Å²) in [6.07, 6.45) is 43.0. The molecule has 36 heteroatoms. The molecule has 0 aliphatic carbocycles. The van der Waals surface area contributed by atoms with Crippen LogP contribution in [0, 0.1) is 20.8 Å². The van der Waals surface area contributed by atoms with Gasteiger partial charge in [0.25, 0.3) is 0 Å². The van der Waals surface area contributed by atoms with Crippen LogP contribution < -0.4 is 93.4 Å². The summed E-state index contributed by atoms with van der Waals surface area (Å²) < 4.78 is 21.5. The van der Waals surface area contributed by atoms with Crippen LogP contribution in [-0.4, -0.2) is 269 Å². The third-order valence-electron chi connectivity index (χ3n) is 21.4. The van der Waals surface area contributed by atoms with Crippen LogP contribution >= 0.6 is 119 Å². The maximum absolute atomic E-state index is 8.93. The number of aliphatic hydroxyl groups is 1. The average molecular weight is 2830 g/mol. The molecule has 0 bridgehead atoms. The van der Waals surface area contributed by atoms with Crippen molar-refractivity contribution in [1.29, 1.82) is 0 Å². The molecule has 4 N–H and O–H groups in total. The Labute approximate surface area is 1140 Å². The molecule has 0 spiro atoms. The van der Waals surface area contributed by atoms with Crippen LogP contribution in [0.1, 0.15) is 148 Å². The fraction of sp³-hybridized carbons (Fsp3) is 0.301. The van der Waals surface area contributed by atoms with Crippen molar-refractivity contribution in [3.63, 3.8) is 0 Å². The van der Waals surface area contributed by atoms with Crippen molar-refractivity contribution in [3.8, 4) is 5.75 Å². The second-order valence-electron chi connectivity index (χ2n) is 32.3. The summed E-state index contributed by atoms with van der Waals surface area (Å²) in [6, 6.07) is 87.7. The molecule has 7 aromatic heterocycles. The van der Waals surface area contributed by atoms with Crippen LogP contribution in [0.25, 0.3) is 55.2 Å². The molecule has 772 valence electrons. The molecular formula is C113H132Br6Cs2CuIN15Na3O8. The van der Waals surface area contributed by atoms with Gasteiger partial charge in [0.1, 0.15) is 12.4 Å². The Bertz CT molecular complexity index is 6090. The number of aliphatic imine (C=N–C) groups is 3. The number of para-hydroxylation sites is 8. The third-order valence-corrected chi connectivity index (χ3v) is 25.0. The summed E-state index contributed by atoms with van der Waals surface area (Å²) in [5, 5.41) is 14.3. The van der Waals surface area contributed by atoms with Crippen LogP contribution in [-0.2, 0) is 95.2 Å². The topological polar surface area (TPSA) is 307 Å². The fourth-order valence-electron chi connectivity index (χ4n) is 14.2. The summed E-state index contributed by atoms with van der Waals surface area (Å²) in [5.74, 6) is 0.802. The number of hydrogen-bond donors (Lipinski definition) is 1. The quantitative estimate of drug-likeness (QED) is 0.00866. The number of aryl methyl sites for hydroxylation is 8. The van der Waals surface area contributed by atoms with Gasteiger partial charge in [-0.2, -0.15) is 3.22 Å². The Morgan fingerprint density at radius 1 is 0.362 bits per heavy atom. The molecule has 0 atom stereocenters. The van der Waals surface area contributed by atoms with Crippen molar-refractivity contribution in [2.24, 2.45) is 15.0 Å². The maximum Gasteiger partial charge on any atom is 1.00 e. The molecule has 2 radical (unpaired) electrons. The molecule has 0 saturated heterocycles. The zero-order valence-corrected chi connectivity index (χ0v) is 119. The van der Waals surface area contributed by atoms with Gasteiger partial charge in [0.2, 0.25) is 0 Å². The van der Waals surface area contributed by atoms with Crippen molar-refractivity contribution in [1.82, 2.24) is 57.7 Å². The van der Waals surface area contributed by atoms with E-state index in [0.717, 1.165) is 158 Å². The van der Waals surface area contributed by atoms with E-state index < -0.39 is 0 Å². The number of alkyl halides is 5. The van der Waals surface area contributed by atoms with Crippen LogP contribution in [0.2, 0.25) is 0 Å². The summed E-state index contributed by atoms with van der Waals surface area (Å²) in [7, 11) is 0. The first-order valence-electron chi connectivity index (χ1n) is 47.5. The van der Waals surface area contributed by atoms with Crippen molar-refractivity contribution < 1.29 is 145 Å². The van der Waals surface area contributed by atoms with Gasteiger partial charge >= 0.3 is 106 Å². The average Bonchev–Trinajstić information content (AvgIpc) is 1.69. The Kier molecular flexibility index (Phi) is 93.5. The van der Waals surface area contributed by atoms with Crippen molar-refractivity contribution in [3.05, 3.63) is 366 Å². The van der Waals surface area contributed by atoms with Gasteiger partial charge in [-0.3, -0.25) is 24.9 Å². The normalized spacial score (nSPS) is 10.3. The standard InChI is InChI=1S/C21H24N4.C19H20N4.C12H11NO.C10H12N2.C9H9N.2C8H7N.C7H8O.2C5H10Br2.C5H4BrN.C3H7Br.CIO3.2Cs.Cu.3Na.3H2O/c1-16-6-8-18-20(12-16)24(14-22-18)10-4-3-5-11-25-15-23-19-9-7-17(2)13-21(19)25;1(6-12-22-14-20-16-8-2-4-10-18(16)22)7-13-23-15-21-17-9-3-5-11-19(17)23;1-2-5-11(6-3-1)10-14-12-7-4-8-13-9-12;1-2-7-12-8-11-9-5-3-4-6-10(9)12;1-7-2-3-9-8(6-7)4-5-10-9;2*1-2-4-8-7(3-1)5-6-9-8;8-6-7-4-2-1-3-5-7;2*6-4-2-1-3-5-7;6-5-2-1-3-7-4-5;1-2-3-4;2-5-4-1-3;;;;;;;;;/h6-9,12-15H,3-5,10-11H2,1-2H3;2-5,8-11,14-15H,1,6-7,12-13H2;1-9H,10H2;3-6,8H,2,7H2,1H3;2-3,5-6H,4H2,1H3;2*1-4,6H,5H2;1-5,8H,6H2;2*1-5H2;1-4H;2-3H2,1H3;;;;;;;;3*1H2/q;;;;;;;;;;;;-1;;;4*+1;;;/p-3. The number of hydrogen-bond acceptors (Lipinski definition) is 18. The SMILES string of the molecule is BrCCCCCBr.BrCCCCCBr.Brc1cccnc1.C1=Nc2ccccc2C1.C1=Nc2ccccc2C1.CCCBr.CCCn1cnc2ccccc21.Cc1ccc2c(c1)CC=N2.Cc1ccc2ncn(CCCCCn3cnc4ccc(C)cc43)c2c1.O=[C-]OOI.OCc1ccccc1.[Cs].[Cs].[Cu+].[Na+].[Na+].[Na+].[OH-].[OH-].[OH-].c1ccc(COc2cccnc2)cc1.c1ccc2c(c1)ncn2CCCCCn1cnc2ccccc21. The van der Waals surface area contributed by atoms with E-state index in [9.17, 15) is 0 Å². The van der Waals surface area contributed by atoms with Gasteiger partial charge in [0, 0.05) is 258 Å². The van der Waals surface area contributed by atoms with Gasteiger partial charge in [-0.05, 0) is 262 Å². The van der Waals surface area contributed by atoms with Crippen LogP contribution in [0.15, 0.2) is 337 Å². The van der Waals surface area contributed by atoms with Crippen molar-refractivity contribution in [2.75, 3.05) is 26.7 Å². The van der Waals surface area contributed by atoms with E-state index in [1.165, 1.54) is 167 Å². The zero-order chi connectivity index (χ0) is 99.5.